The van der Waals surface area contributed by atoms with Crippen LogP contribution in [0.4, 0.5) is 4.39 Å². The van der Waals surface area contributed by atoms with Gasteiger partial charge in [0.15, 0.2) is 6.10 Å². The van der Waals surface area contributed by atoms with Crippen LogP contribution in [-0.4, -0.2) is 27.3 Å². The summed E-state index contributed by atoms with van der Waals surface area (Å²) in [4.78, 5) is 10.6. The highest BCUT2D eigenvalue weighted by molar-refractivity contribution is 5.79. The molecule has 1 rings (SSSR count). The van der Waals surface area contributed by atoms with Crippen LogP contribution in [0.3, 0.4) is 0 Å². The normalized spacial score (nSPS) is 14.5. The van der Waals surface area contributed by atoms with E-state index >= 15 is 0 Å². The lowest BCUT2D eigenvalue weighted by Gasteiger charge is -2.15. The summed E-state index contributed by atoms with van der Waals surface area (Å²) in [5, 5.41) is 27.5. The fraction of sp³-hybridized carbons (Fsp3) is 0.300. The highest BCUT2D eigenvalue weighted by atomic mass is 19.1. The number of benzene rings is 1. The molecule has 5 nitrogen and oxygen atoms in total. The summed E-state index contributed by atoms with van der Waals surface area (Å²) in [5.74, 6) is -1.79. The number of carbonyl (C=O) groups is 1. The van der Waals surface area contributed by atoms with Crippen molar-refractivity contribution in [2.45, 2.75) is 18.8 Å². The van der Waals surface area contributed by atoms with Crippen molar-refractivity contribution in [2.75, 3.05) is 0 Å². The Morgan fingerprint density at radius 2 is 2.00 bits per heavy atom. The van der Waals surface area contributed by atoms with E-state index in [1.165, 1.54) is 6.07 Å². The van der Waals surface area contributed by atoms with Crippen LogP contribution in [0.25, 0.3) is 0 Å². The summed E-state index contributed by atoms with van der Waals surface area (Å²) >= 11 is 0. The lowest BCUT2D eigenvalue weighted by molar-refractivity contribution is -0.131. The molecule has 2 unspecified atom stereocenters. The Balaban J connectivity index is 3.03. The third kappa shape index (κ3) is 2.75. The van der Waals surface area contributed by atoms with E-state index < -0.39 is 30.5 Å². The van der Waals surface area contributed by atoms with Crippen molar-refractivity contribution >= 4 is 5.91 Å². The number of hydrogen-bond acceptors (Lipinski definition) is 4. The molecule has 0 saturated carbocycles. The highest BCUT2D eigenvalue weighted by Gasteiger charge is 2.24. The van der Waals surface area contributed by atoms with E-state index in [0.29, 0.717) is 0 Å². The van der Waals surface area contributed by atoms with Crippen LogP contribution < -0.4 is 5.73 Å². The first-order chi connectivity index (χ1) is 7.45. The molecule has 0 aromatic heterocycles. The summed E-state index contributed by atoms with van der Waals surface area (Å²) in [6.45, 7) is -0.413. The van der Waals surface area contributed by atoms with Gasteiger partial charge in [-0.25, -0.2) is 4.39 Å². The number of nitrogens with two attached hydrogens (primary N) is 1. The largest absolute Gasteiger partial charge is 0.392 e. The lowest BCUT2D eigenvalue weighted by Crippen LogP contribution is -2.33. The number of hydrogen-bond donors (Lipinski definition) is 4. The molecule has 1 aromatic carbocycles. The van der Waals surface area contributed by atoms with Gasteiger partial charge in [0.2, 0.25) is 5.91 Å². The first-order valence-electron chi connectivity index (χ1n) is 4.51. The molecule has 0 aliphatic heterocycles. The summed E-state index contributed by atoms with van der Waals surface area (Å²) < 4.78 is 13.0. The number of carbonyl (C=O) groups excluding carboxylic acids is 1. The van der Waals surface area contributed by atoms with Crippen LogP contribution in [-0.2, 0) is 11.4 Å². The molecule has 16 heavy (non-hydrogen) atoms. The van der Waals surface area contributed by atoms with Crippen LogP contribution in [0, 0.1) is 5.82 Å². The van der Waals surface area contributed by atoms with E-state index in [1.54, 1.807) is 0 Å². The summed E-state index contributed by atoms with van der Waals surface area (Å²) in [6.07, 6.45) is -3.42. The first kappa shape index (κ1) is 12.6. The van der Waals surface area contributed by atoms with Crippen molar-refractivity contribution in [1.29, 1.82) is 0 Å². The molecular formula is C10H12FNO4. The van der Waals surface area contributed by atoms with Crippen molar-refractivity contribution in [3.05, 3.63) is 35.1 Å². The second kappa shape index (κ2) is 5.02. The number of primary amides is 1. The fourth-order valence-electron chi connectivity index (χ4n) is 1.28. The van der Waals surface area contributed by atoms with Gasteiger partial charge in [-0.05, 0) is 23.3 Å². The molecule has 0 radical (unpaired) electrons. The Hall–Kier alpha value is -1.50. The van der Waals surface area contributed by atoms with Crippen LogP contribution in [0.15, 0.2) is 18.2 Å². The number of halogens is 1. The summed E-state index contributed by atoms with van der Waals surface area (Å²) in [5.41, 5.74) is 5.00. The second-order valence-corrected chi connectivity index (χ2v) is 3.34. The molecule has 1 amide bonds. The van der Waals surface area contributed by atoms with Crippen molar-refractivity contribution in [3.63, 3.8) is 0 Å². The van der Waals surface area contributed by atoms with Crippen molar-refractivity contribution < 1.29 is 24.5 Å². The molecule has 5 N–H and O–H groups in total. The maximum atomic E-state index is 13.0. The molecule has 0 heterocycles. The van der Waals surface area contributed by atoms with E-state index in [1.807, 2.05) is 0 Å². The van der Waals surface area contributed by atoms with Gasteiger partial charge in [0.1, 0.15) is 11.9 Å². The Morgan fingerprint density at radius 3 is 2.50 bits per heavy atom. The van der Waals surface area contributed by atoms with Crippen molar-refractivity contribution in [2.24, 2.45) is 5.73 Å². The van der Waals surface area contributed by atoms with Crippen LogP contribution in [0.1, 0.15) is 17.2 Å². The van der Waals surface area contributed by atoms with Gasteiger partial charge >= 0.3 is 0 Å². The van der Waals surface area contributed by atoms with Crippen LogP contribution >= 0.6 is 0 Å². The Kier molecular flexibility index (Phi) is 3.94. The minimum absolute atomic E-state index is 0.0182. The molecule has 2 atom stereocenters. The predicted octanol–water partition coefficient (Wildman–Crippen LogP) is -0.802. The van der Waals surface area contributed by atoms with Crippen LogP contribution in [0.2, 0.25) is 0 Å². The molecule has 88 valence electrons. The van der Waals surface area contributed by atoms with E-state index in [0.717, 1.165) is 12.1 Å². The van der Waals surface area contributed by atoms with E-state index in [2.05, 4.69) is 0 Å². The quantitative estimate of drug-likeness (QED) is 0.542. The number of aliphatic hydroxyl groups excluding tert-OH is 3. The van der Waals surface area contributed by atoms with Gasteiger partial charge in [0.25, 0.3) is 0 Å². The minimum atomic E-state index is -1.81. The zero-order chi connectivity index (χ0) is 12.3. The Morgan fingerprint density at radius 1 is 1.38 bits per heavy atom. The molecular weight excluding hydrogens is 217 g/mol. The van der Waals surface area contributed by atoms with Gasteiger partial charge in [-0.2, -0.15) is 0 Å². The smallest absolute Gasteiger partial charge is 0.249 e. The molecule has 1 aromatic rings. The number of amides is 1. The predicted molar refractivity (Wildman–Crippen MR) is 52.5 cm³/mol. The summed E-state index contributed by atoms with van der Waals surface area (Å²) in [7, 11) is 0. The van der Waals surface area contributed by atoms with Gasteiger partial charge in [-0.15, -0.1) is 0 Å². The maximum absolute atomic E-state index is 13.0. The zero-order valence-electron chi connectivity index (χ0n) is 8.30. The highest BCUT2D eigenvalue weighted by Crippen LogP contribution is 2.20. The molecule has 0 bridgehead atoms. The van der Waals surface area contributed by atoms with Gasteiger partial charge in [-0.1, -0.05) is 6.07 Å². The third-order valence-electron chi connectivity index (χ3n) is 2.09. The SMILES string of the molecule is NC(=O)C(O)C(O)c1cc(F)cc(CO)c1. The lowest BCUT2D eigenvalue weighted by atomic mass is 10.0. The Labute approximate surface area is 90.9 Å². The zero-order valence-corrected chi connectivity index (χ0v) is 8.30. The molecule has 0 fully saturated rings. The molecule has 6 heteroatoms. The van der Waals surface area contributed by atoms with Crippen molar-refractivity contribution in [3.8, 4) is 0 Å². The molecule has 0 aliphatic carbocycles. The molecule has 0 saturated heterocycles. The number of aliphatic hydroxyl groups is 3. The monoisotopic (exact) mass is 229 g/mol. The van der Waals surface area contributed by atoms with Gasteiger partial charge < -0.3 is 21.1 Å². The maximum Gasteiger partial charge on any atom is 0.249 e. The summed E-state index contributed by atoms with van der Waals surface area (Å²) in [6, 6.07) is 3.31. The molecule has 0 aliphatic rings. The second-order valence-electron chi connectivity index (χ2n) is 3.34. The standard InChI is InChI=1S/C10H12FNO4/c11-7-2-5(4-13)1-6(3-7)8(14)9(15)10(12)16/h1-3,8-9,13-15H,4H2,(H2,12,16). The molecule has 0 spiro atoms. The fourth-order valence-corrected chi connectivity index (χ4v) is 1.28. The van der Waals surface area contributed by atoms with Gasteiger partial charge in [0.05, 0.1) is 6.61 Å². The van der Waals surface area contributed by atoms with E-state index in [-0.39, 0.29) is 11.1 Å². The van der Waals surface area contributed by atoms with Gasteiger partial charge in [0, 0.05) is 0 Å². The third-order valence-corrected chi connectivity index (χ3v) is 2.09. The van der Waals surface area contributed by atoms with Gasteiger partial charge in [-0.3, -0.25) is 4.79 Å². The first-order valence-corrected chi connectivity index (χ1v) is 4.51. The van der Waals surface area contributed by atoms with E-state index in [9.17, 15) is 19.4 Å². The topological polar surface area (TPSA) is 104 Å². The van der Waals surface area contributed by atoms with Crippen molar-refractivity contribution in [1.82, 2.24) is 0 Å². The minimum Gasteiger partial charge on any atom is -0.392 e. The number of rotatable bonds is 4. The Bertz CT molecular complexity index is 396. The average molecular weight is 229 g/mol. The average Bonchev–Trinajstić information content (AvgIpc) is 2.25. The van der Waals surface area contributed by atoms with Crippen LogP contribution in [0.5, 0.6) is 0 Å². The van der Waals surface area contributed by atoms with E-state index in [4.69, 9.17) is 10.8 Å².